The molecule has 0 spiro atoms. The molecule has 0 atom stereocenters. The molecule has 0 aromatic heterocycles. The molecule has 1 heterocycles. The van der Waals surface area contributed by atoms with E-state index in [0.29, 0.717) is 5.56 Å². The molecule has 5 nitrogen and oxygen atoms in total. The summed E-state index contributed by atoms with van der Waals surface area (Å²) >= 11 is 0. The number of piperidine rings is 1. The highest BCUT2D eigenvalue weighted by Crippen LogP contribution is 2.22. The van der Waals surface area contributed by atoms with Crippen LogP contribution in [0.4, 0.5) is 5.69 Å². The number of carbonyl (C=O) groups is 2. The molecule has 1 saturated heterocycles. The van der Waals surface area contributed by atoms with Gasteiger partial charge in [0, 0.05) is 17.8 Å². The molecule has 0 unspecified atom stereocenters. The van der Waals surface area contributed by atoms with E-state index >= 15 is 0 Å². The first-order valence-electron chi connectivity index (χ1n) is 10.8. The third-order valence-electron chi connectivity index (χ3n) is 5.52. The first-order chi connectivity index (χ1) is 14.3. The summed E-state index contributed by atoms with van der Waals surface area (Å²) in [6, 6.07) is 15.5. The zero-order chi connectivity index (χ0) is 21.6. The predicted molar refractivity (Wildman–Crippen MR) is 122 cm³/mol. The lowest BCUT2D eigenvalue weighted by atomic mass is 9.87. The van der Waals surface area contributed by atoms with Crippen molar-refractivity contribution in [1.29, 1.82) is 0 Å². The van der Waals surface area contributed by atoms with Gasteiger partial charge < -0.3 is 10.6 Å². The minimum atomic E-state index is -0.248. The van der Waals surface area contributed by atoms with Gasteiger partial charge in [-0.25, -0.2) is 0 Å². The number of hydrogen-bond donors (Lipinski definition) is 2. The first-order valence-corrected chi connectivity index (χ1v) is 10.8. The fraction of sp³-hybridized carbons (Fsp3) is 0.440. The second-order valence-electron chi connectivity index (χ2n) is 9.09. The lowest BCUT2D eigenvalue weighted by molar-refractivity contribution is -0.115. The Morgan fingerprint density at radius 3 is 2.13 bits per heavy atom. The molecular weight excluding hydrogens is 374 g/mol. The normalized spacial score (nSPS) is 14.9. The summed E-state index contributed by atoms with van der Waals surface area (Å²) in [5.41, 5.74) is 3.75. The summed E-state index contributed by atoms with van der Waals surface area (Å²) < 4.78 is 0. The fourth-order valence-electron chi connectivity index (χ4n) is 3.66. The van der Waals surface area contributed by atoms with Crippen molar-refractivity contribution < 1.29 is 9.59 Å². The highest BCUT2D eigenvalue weighted by molar-refractivity contribution is 5.99. The zero-order valence-corrected chi connectivity index (χ0v) is 18.3. The second-order valence-corrected chi connectivity index (χ2v) is 9.09. The molecule has 0 radical (unpaired) electrons. The Bertz CT molecular complexity index is 845. The summed E-state index contributed by atoms with van der Waals surface area (Å²) in [5, 5.41) is 5.53. The van der Waals surface area contributed by atoms with E-state index in [1.165, 1.54) is 30.4 Å². The van der Waals surface area contributed by atoms with Crippen LogP contribution in [0.1, 0.15) is 61.5 Å². The van der Waals surface area contributed by atoms with Crippen molar-refractivity contribution in [2.24, 2.45) is 0 Å². The van der Waals surface area contributed by atoms with E-state index in [-0.39, 0.29) is 23.8 Å². The molecule has 1 aliphatic heterocycles. The van der Waals surface area contributed by atoms with E-state index in [9.17, 15) is 9.59 Å². The van der Waals surface area contributed by atoms with Crippen LogP contribution in [0.5, 0.6) is 0 Å². The van der Waals surface area contributed by atoms with Gasteiger partial charge in [-0.15, -0.1) is 0 Å². The summed E-state index contributed by atoms with van der Waals surface area (Å²) in [4.78, 5) is 27.0. The van der Waals surface area contributed by atoms with Crippen LogP contribution in [-0.4, -0.2) is 36.3 Å². The van der Waals surface area contributed by atoms with E-state index in [1.54, 1.807) is 12.1 Å². The number of nitrogens with zero attached hydrogens (tertiary/aromatic N) is 1. The van der Waals surface area contributed by atoms with Crippen molar-refractivity contribution in [2.75, 3.05) is 25.0 Å². The lowest BCUT2D eigenvalue weighted by Crippen LogP contribution is -2.32. The zero-order valence-electron chi connectivity index (χ0n) is 18.3. The molecule has 1 fully saturated rings. The van der Waals surface area contributed by atoms with Crippen LogP contribution in [0, 0.1) is 0 Å². The van der Waals surface area contributed by atoms with Crippen molar-refractivity contribution in [2.45, 2.75) is 52.0 Å². The smallest absolute Gasteiger partial charge is 0.251 e. The third kappa shape index (κ3) is 6.42. The van der Waals surface area contributed by atoms with E-state index in [4.69, 9.17) is 0 Å². The quantitative estimate of drug-likeness (QED) is 0.749. The van der Waals surface area contributed by atoms with Gasteiger partial charge in [-0.05, 0) is 66.7 Å². The Balaban J connectivity index is 1.45. The second kappa shape index (κ2) is 9.90. The van der Waals surface area contributed by atoms with Crippen LogP contribution < -0.4 is 10.6 Å². The highest BCUT2D eigenvalue weighted by Gasteiger charge is 2.15. The van der Waals surface area contributed by atoms with Gasteiger partial charge in [-0.1, -0.05) is 51.5 Å². The van der Waals surface area contributed by atoms with Gasteiger partial charge in [0.05, 0.1) is 6.54 Å². The van der Waals surface area contributed by atoms with Crippen molar-refractivity contribution in [1.82, 2.24) is 10.2 Å². The summed E-state index contributed by atoms with van der Waals surface area (Å²) in [6.45, 7) is 9.62. The maximum Gasteiger partial charge on any atom is 0.251 e. The number of carbonyl (C=O) groups excluding carboxylic acids is 2. The summed E-state index contributed by atoms with van der Waals surface area (Å²) in [5.74, 6) is -0.485. The average molecular weight is 408 g/mol. The van der Waals surface area contributed by atoms with Gasteiger partial charge in [0.15, 0.2) is 0 Å². The third-order valence-corrected chi connectivity index (χ3v) is 5.52. The first kappa shape index (κ1) is 22.0. The largest absolute Gasteiger partial charge is 0.343 e. The molecule has 0 bridgehead atoms. The van der Waals surface area contributed by atoms with Crippen molar-refractivity contribution >= 4 is 17.5 Å². The summed E-state index contributed by atoms with van der Waals surface area (Å²) in [6.07, 6.45) is 3.89. The van der Waals surface area contributed by atoms with Crippen molar-refractivity contribution in [3.63, 3.8) is 0 Å². The van der Waals surface area contributed by atoms with Gasteiger partial charge in [-0.2, -0.15) is 0 Å². The number of rotatable bonds is 6. The molecule has 5 heteroatoms. The molecule has 0 aliphatic carbocycles. The van der Waals surface area contributed by atoms with E-state index in [0.717, 1.165) is 25.3 Å². The highest BCUT2D eigenvalue weighted by atomic mass is 16.2. The van der Waals surface area contributed by atoms with Crippen molar-refractivity contribution in [3.05, 3.63) is 65.2 Å². The van der Waals surface area contributed by atoms with Gasteiger partial charge in [0.2, 0.25) is 5.91 Å². The molecule has 0 saturated carbocycles. The van der Waals surface area contributed by atoms with Gasteiger partial charge in [0.25, 0.3) is 5.91 Å². The SMILES string of the molecule is CC(C)(C)c1ccc(C(=O)NCC(=O)Nc2ccc(CN3CCCCC3)cc2)cc1. The van der Waals surface area contributed by atoms with Crippen molar-refractivity contribution in [3.8, 4) is 0 Å². The number of nitrogens with one attached hydrogen (secondary N) is 2. The van der Waals surface area contributed by atoms with Crippen LogP contribution in [0.15, 0.2) is 48.5 Å². The molecular formula is C25H33N3O2. The number of amides is 2. The Labute approximate surface area is 179 Å². The van der Waals surface area contributed by atoms with Crippen LogP contribution in [0.3, 0.4) is 0 Å². The predicted octanol–water partition coefficient (Wildman–Crippen LogP) is 4.34. The lowest BCUT2D eigenvalue weighted by Gasteiger charge is -2.26. The number of likely N-dealkylation sites (tertiary alicyclic amines) is 1. The number of benzene rings is 2. The molecule has 30 heavy (non-hydrogen) atoms. The standard InChI is InChI=1S/C25H33N3O2/c1-25(2,3)21-11-9-20(10-12-21)24(30)26-17-23(29)27-22-13-7-19(8-14-22)18-28-15-5-4-6-16-28/h7-14H,4-6,15-18H2,1-3H3,(H,26,30)(H,27,29). The van der Waals surface area contributed by atoms with Gasteiger partial charge >= 0.3 is 0 Å². The van der Waals surface area contributed by atoms with Gasteiger partial charge in [0.1, 0.15) is 0 Å². The summed E-state index contributed by atoms with van der Waals surface area (Å²) in [7, 11) is 0. The number of hydrogen-bond acceptors (Lipinski definition) is 3. The van der Waals surface area contributed by atoms with E-state index in [1.807, 2.05) is 24.3 Å². The topological polar surface area (TPSA) is 61.4 Å². The molecule has 2 aromatic carbocycles. The monoisotopic (exact) mass is 407 g/mol. The minimum absolute atomic E-state index is 0.0399. The van der Waals surface area contributed by atoms with Crippen LogP contribution in [0.25, 0.3) is 0 Å². The van der Waals surface area contributed by atoms with Crippen LogP contribution in [-0.2, 0) is 16.8 Å². The molecule has 2 aromatic rings. The Morgan fingerprint density at radius 1 is 0.900 bits per heavy atom. The average Bonchev–Trinajstić information content (AvgIpc) is 2.74. The maximum absolute atomic E-state index is 12.3. The Hall–Kier alpha value is -2.66. The van der Waals surface area contributed by atoms with E-state index < -0.39 is 0 Å². The Morgan fingerprint density at radius 2 is 1.53 bits per heavy atom. The maximum atomic E-state index is 12.3. The van der Waals surface area contributed by atoms with E-state index in [2.05, 4.69) is 48.4 Å². The fourth-order valence-corrected chi connectivity index (χ4v) is 3.66. The molecule has 3 rings (SSSR count). The molecule has 2 N–H and O–H groups in total. The molecule has 160 valence electrons. The number of anilines is 1. The molecule has 1 aliphatic rings. The molecule has 2 amide bonds. The minimum Gasteiger partial charge on any atom is -0.343 e. The van der Waals surface area contributed by atoms with Crippen LogP contribution >= 0.6 is 0 Å². The van der Waals surface area contributed by atoms with Crippen LogP contribution in [0.2, 0.25) is 0 Å². The Kier molecular flexibility index (Phi) is 7.27. The van der Waals surface area contributed by atoms with Gasteiger partial charge in [-0.3, -0.25) is 14.5 Å².